The van der Waals surface area contributed by atoms with Crippen molar-refractivity contribution in [1.29, 1.82) is 0 Å². The minimum atomic E-state index is -2.48. The highest BCUT2D eigenvalue weighted by atomic mass is 19.3. The van der Waals surface area contributed by atoms with Crippen LogP contribution in [-0.2, 0) is 6.54 Å². The van der Waals surface area contributed by atoms with Gasteiger partial charge in [-0.25, -0.2) is 13.2 Å². The number of rotatable bonds is 4. The van der Waals surface area contributed by atoms with Crippen molar-refractivity contribution in [2.75, 3.05) is 5.32 Å². The van der Waals surface area contributed by atoms with Crippen LogP contribution in [0.1, 0.15) is 23.1 Å². The molecule has 100 valence electrons. The topological polar surface area (TPSA) is 12.0 Å². The molecule has 0 aliphatic heterocycles. The second-order valence-electron chi connectivity index (χ2n) is 4.36. The zero-order valence-electron chi connectivity index (χ0n) is 10.5. The zero-order valence-corrected chi connectivity index (χ0v) is 10.5. The molecule has 0 saturated heterocycles. The van der Waals surface area contributed by atoms with Crippen LogP contribution in [0.15, 0.2) is 42.5 Å². The maximum Gasteiger partial charge on any atom is 0.263 e. The fourth-order valence-corrected chi connectivity index (χ4v) is 1.82. The average Bonchev–Trinajstić information content (AvgIpc) is 2.40. The Morgan fingerprint density at radius 2 is 1.89 bits per heavy atom. The predicted molar refractivity (Wildman–Crippen MR) is 69.9 cm³/mol. The Balaban J connectivity index is 2.10. The molecule has 2 aromatic rings. The molecule has 0 bridgehead atoms. The van der Waals surface area contributed by atoms with E-state index in [1.54, 1.807) is 18.2 Å². The standard InChI is InChI=1S/C15H14F3N/c1-10-5-6-13(16)8-14(10)19-9-11-3-2-4-12(7-11)15(17)18/h2-8,15,19H,9H2,1H3. The van der Waals surface area contributed by atoms with Crippen molar-refractivity contribution in [2.24, 2.45) is 0 Å². The number of alkyl halides is 2. The van der Waals surface area contributed by atoms with Gasteiger partial charge in [0.05, 0.1) is 0 Å². The fourth-order valence-electron chi connectivity index (χ4n) is 1.82. The molecule has 0 heterocycles. The van der Waals surface area contributed by atoms with Crippen molar-refractivity contribution in [1.82, 2.24) is 0 Å². The molecule has 1 nitrogen and oxygen atoms in total. The molecule has 0 atom stereocenters. The lowest BCUT2D eigenvalue weighted by Crippen LogP contribution is -2.02. The number of aryl methyl sites for hydroxylation is 1. The lowest BCUT2D eigenvalue weighted by atomic mass is 10.1. The van der Waals surface area contributed by atoms with Crippen molar-refractivity contribution < 1.29 is 13.2 Å². The SMILES string of the molecule is Cc1ccc(F)cc1NCc1cccc(C(F)F)c1. The van der Waals surface area contributed by atoms with Crippen LogP contribution in [-0.4, -0.2) is 0 Å². The molecule has 4 heteroatoms. The number of benzene rings is 2. The first-order valence-electron chi connectivity index (χ1n) is 5.93. The Bertz CT molecular complexity index is 567. The molecule has 0 aromatic heterocycles. The van der Waals surface area contributed by atoms with Gasteiger partial charge >= 0.3 is 0 Å². The van der Waals surface area contributed by atoms with Crippen LogP contribution in [0.2, 0.25) is 0 Å². The Morgan fingerprint density at radius 3 is 2.63 bits per heavy atom. The lowest BCUT2D eigenvalue weighted by molar-refractivity contribution is 0.151. The van der Waals surface area contributed by atoms with Crippen LogP contribution in [0.5, 0.6) is 0 Å². The first-order valence-corrected chi connectivity index (χ1v) is 5.93. The molecule has 0 amide bonds. The molecule has 0 aliphatic carbocycles. The number of anilines is 1. The Kier molecular flexibility index (Phi) is 4.10. The molecular formula is C15H14F3N. The summed E-state index contributed by atoms with van der Waals surface area (Å²) in [5.74, 6) is -0.325. The number of hydrogen-bond donors (Lipinski definition) is 1. The first kappa shape index (κ1) is 13.5. The largest absolute Gasteiger partial charge is 0.381 e. The van der Waals surface area contributed by atoms with Gasteiger partial charge in [0.25, 0.3) is 6.43 Å². The molecule has 0 spiro atoms. The molecule has 2 rings (SSSR count). The van der Waals surface area contributed by atoms with E-state index in [9.17, 15) is 13.2 Å². The summed E-state index contributed by atoms with van der Waals surface area (Å²) in [7, 11) is 0. The summed E-state index contributed by atoms with van der Waals surface area (Å²) in [4.78, 5) is 0. The summed E-state index contributed by atoms with van der Waals surface area (Å²) in [6.07, 6.45) is -2.48. The molecule has 0 unspecified atom stereocenters. The summed E-state index contributed by atoms with van der Waals surface area (Å²) in [5, 5.41) is 3.05. The summed E-state index contributed by atoms with van der Waals surface area (Å²) < 4.78 is 38.2. The second kappa shape index (κ2) is 5.78. The quantitative estimate of drug-likeness (QED) is 0.846. The summed E-state index contributed by atoms with van der Waals surface area (Å²) >= 11 is 0. The van der Waals surface area contributed by atoms with Crippen LogP contribution in [0.3, 0.4) is 0 Å². The third-order valence-electron chi connectivity index (χ3n) is 2.89. The van der Waals surface area contributed by atoms with E-state index in [0.29, 0.717) is 12.2 Å². The number of hydrogen-bond acceptors (Lipinski definition) is 1. The van der Waals surface area contributed by atoms with E-state index in [1.165, 1.54) is 24.3 Å². The van der Waals surface area contributed by atoms with Gasteiger partial charge in [-0.15, -0.1) is 0 Å². The molecule has 0 fully saturated rings. The van der Waals surface area contributed by atoms with Crippen LogP contribution in [0, 0.1) is 12.7 Å². The smallest absolute Gasteiger partial charge is 0.263 e. The Labute approximate surface area is 110 Å². The first-order chi connectivity index (χ1) is 9.06. The van der Waals surface area contributed by atoms with Gasteiger partial charge in [0, 0.05) is 17.8 Å². The second-order valence-corrected chi connectivity index (χ2v) is 4.36. The summed E-state index contributed by atoms with van der Waals surface area (Å²) in [6.45, 7) is 2.24. The maximum absolute atomic E-state index is 13.1. The van der Waals surface area contributed by atoms with Crippen molar-refractivity contribution in [3.8, 4) is 0 Å². The monoisotopic (exact) mass is 265 g/mol. The predicted octanol–water partition coefficient (Wildman–Crippen LogP) is 4.68. The molecule has 0 radical (unpaired) electrons. The normalized spacial score (nSPS) is 10.8. The van der Waals surface area contributed by atoms with E-state index in [-0.39, 0.29) is 11.4 Å². The molecule has 0 aliphatic rings. The Hall–Kier alpha value is -1.97. The molecule has 0 saturated carbocycles. The minimum Gasteiger partial charge on any atom is -0.381 e. The average molecular weight is 265 g/mol. The Morgan fingerprint density at radius 1 is 1.11 bits per heavy atom. The third kappa shape index (κ3) is 3.50. The van der Waals surface area contributed by atoms with E-state index in [4.69, 9.17) is 0 Å². The highest BCUT2D eigenvalue weighted by Gasteiger charge is 2.07. The van der Waals surface area contributed by atoms with Gasteiger partial charge in [-0.2, -0.15) is 0 Å². The lowest BCUT2D eigenvalue weighted by Gasteiger charge is -2.10. The molecule has 2 aromatic carbocycles. The van der Waals surface area contributed by atoms with Gasteiger partial charge in [0.15, 0.2) is 0 Å². The van der Waals surface area contributed by atoms with E-state index in [1.807, 2.05) is 6.92 Å². The van der Waals surface area contributed by atoms with E-state index in [2.05, 4.69) is 5.32 Å². The number of nitrogens with one attached hydrogen (secondary N) is 1. The van der Waals surface area contributed by atoms with Crippen LogP contribution in [0.4, 0.5) is 18.9 Å². The number of halogens is 3. The van der Waals surface area contributed by atoms with Crippen molar-refractivity contribution in [2.45, 2.75) is 19.9 Å². The zero-order chi connectivity index (χ0) is 13.8. The molecule has 1 N–H and O–H groups in total. The van der Waals surface area contributed by atoms with Crippen molar-refractivity contribution >= 4 is 5.69 Å². The van der Waals surface area contributed by atoms with Crippen LogP contribution < -0.4 is 5.32 Å². The van der Waals surface area contributed by atoms with Crippen molar-refractivity contribution in [3.05, 3.63) is 65.0 Å². The summed E-state index contributed by atoms with van der Waals surface area (Å²) in [5.41, 5.74) is 2.31. The van der Waals surface area contributed by atoms with Crippen LogP contribution >= 0.6 is 0 Å². The fraction of sp³-hybridized carbons (Fsp3) is 0.200. The summed E-state index contributed by atoms with van der Waals surface area (Å²) in [6, 6.07) is 10.6. The van der Waals surface area contributed by atoms with E-state index >= 15 is 0 Å². The van der Waals surface area contributed by atoms with Gasteiger partial charge in [-0.05, 0) is 36.2 Å². The van der Waals surface area contributed by atoms with Gasteiger partial charge in [0.1, 0.15) is 5.82 Å². The minimum absolute atomic E-state index is 0.00439. The van der Waals surface area contributed by atoms with Gasteiger partial charge in [-0.3, -0.25) is 0 Å². The van der Waals surface area contributed by atoms with E-state index in [0.717, 1.165) is 11.1 Å². The van der Waals surface area contributed by atoms with Crippen molar-refractivity contribution in [3.63, 3.8) is 0 Å². The van der Waals surface area contributed by atoms with Gasteiger partial charge < -0.3 is 5.32 Å². The third-order valence-corrected chi connectivity index (χ3v) is 2.89. The van der Waals surface area contributed by atoms with E-state index < -0.39 is 6.43 Å². The highest BCUT2D eigenvalue weighted by Crippen LogP contribution is 2.21. The van der Waals surface area contributed by atoms with Crippen LogP contribution in [0.25, 0.3) is 0 Å². The van der Waals surface area contributed by atoms with Gasteiger partial charge in [0.2, 0.25) is 0 Å². The maximum atomic E-state index is 13.1. The molecular weight excluding hydrogens is 251 g/mol. The van der Waals surface area contributed by atoms with Gasteiger partial charge in [-0.1, -0.05) is 24.3 Å². The highest BCUT2D eigenvalue weighted by molar-refractivity contribution is 5.51. The molecule has 19 heavy (non-hydrogen) atoms.